The molecular weight excluding hydrogens is 398 g/mol. The molecule has 164 valence electrons. The number of hydrogen-bond acceptors (Lipinski definition) is 6. The number of morpholine rings is 1. The van der Waals surface area contributed by atoms with Crippen LogP contribution in [-0.4, -0.2) is 66.5 Å². The van der Waals surface area contributed by atoms with Crippen LogP contribution < -0.4 is 15.6 Å². The van der Waals surface area contributed by atoms with Crippen LogP contribution >= 0.6 is 0 Å². The molecule has 2 aromatic rings. The van der Waals surface area contributed by atoms with Gasteiger partial charge in [0.05, 0.1) is 32.4 Å². The first-order valence-corrected chi connectivity index (χ1v) is 10.7. The van der Waals surface area contributed by atoms with Gasteiger partial charge in [0.2, 0.25) is 5.91 Å². The minimum absolute atomic E-state index is 0.00625. The lowest BCUT2D eigenvalue weighted by molar-refractivity contribution is -0.138. The number of ether oxygens (including phenoxy) is 2. The van der Waals surface area contributed by atoms with Gasteiger partial charge in [-0.1, -0.05) is 12.1 Å². The van der Waals surface area contributed by atoms with Crippen LogP contribution in [0.4, 0.5) is 0 Å². The molecule has 8 nitrogen and oxygen atoms in total. The molecule has 0 aliphatic carbocycles. The Morgan fingerprint density at radius 1 is 1.26 bits per heavy atom. The summed E-state index contributed by atoms with van der Waals surface area (Å²) in [7, 11) is 1.60. The number of fused-ring (bicyclic) bond motifs is 3. The van der Waals surface area contributed by atoms with Crippen molar-refractivity contribution in [2.75, 3.05) is 40.0 Å². The van der Waals surface area contributed by atoms with E-state index in [0.717, 1.165) is 11.3 Å². The number of hydrogen-bond donors (Lipinski definition) is 2. The summed E-state index contributed by atoms with van der Waals surface area (Å²) in [5, 5.41) is 13.6. The number of nitrogens with zero attached hydrogens (tertiary/aromatic N) is 2. The first-order valence-electron chi connectivity index (χ1n) is 10.7. The van der Waals surface area contributed by atoms with Crippen molar-refractivity contribution in [1.29, 1.82) is 0 Å². The zero-order valence-corrected chi connectivity index (χ0v) is 17.5. The van der Waals surface area contributed by atoms with Crippen LogP contribution in [0, 0.1) is 11.8 Å². The van der Waals surface area contributed by atoms with Crippen LogP contribution in [0.25, 0.3) is 11.1 Å². The van der Waals surface area contributed by atoms with Gasteiger partial charge in [0.15, 0.2) is 0 Å². The number of carbonyl (C=O) groups excluding carboxylic acids is 1. The maximum Gasteiger partial charge on any atom is 0.258 e. The van der Waals surface area contributed by atoms with Crippen LogP contribution in [0.5, 0.6) is 5.75 Å². The topological polar surface area (TPSA) is 93.0 Å². The number of aliphatic hydroxyl groups excluding tert-OH is 1. The lowest BCUT2D eigenvalue weighted by atomic mass is 9.88. The Morgan fingerprint density at radius 3 is 2.81 bits per heavy atom. The van der Waals surface area contributed by atoms with Gasteiger partial charge in [-0.15, -0.1) is 0 Å². The largest absolute Gasteiger partial charge is 0.497 e. The van der Waals surface area contributed by atoms with Gasteiger partial charge < -0.3 is 24.0 Å². The number of aliphatic hydroxyl groups is 1. The van der Waals surface area contributed by atoms with E-state index in [-0.39, 0.29) is 36.0 Å². The van der Waals surface area contributed by atoms with Gasteiger partial charge in [-0.2, -0.15) is 0 Å². The van der Waals surface area contributed by atoms with E-state index in [1.165, 1.54) is 0 Å². The number of methoxy groups -OCH3 is 1. The number of amides is 1. The van der Waals surface area contributed by atoms with Crippen molar-refractivity contribution in [1.82, 2.24) is 14.8 Å². The highest BCUT2D eigenvalue weighted by atomic mass is 16.5. The summed E-state index contributed by atoms with van der Waals surface area (Å²) in [5.41, 5.74) is 2.24. The van der Waals surface area contributed by atoms with Crippen molar-refractivity contribution in [3.8, 4) is 16.9 Å². The zero-order valence-electron chi connectivity index (χ0n) is 17.5. The maximum atomic E-state index is 13.3. The van der Waals surface area contributed by atoms with Gasteiger partial charge in [0.25, 0.3) is 5.56 Å². The fourth-order valence-electron chi connectivity index (χ4n) is 5.23. The molecule has 1 amide bonds. The van der Waals surface area contributed by atoms with Gasteiger partial charge in [-0.05, 0) is 29.8 Å². The summed E-state index contributed by atoms with van der Waals surface area (Å²) in [5.74, 6) is 0.470. The molecule has 5 rings (SSSR count). The lowest BCUT2D eigenvalue weighted by Gasteiger charge is -2.31. The highest BCUT2D eigenvalue weighted by Crippen LogP contribution is 2.43. The van der Waals surface area contributed by atoms with Crippen LogP contribution in [0.2, 0.25) is 0 Å². The van der Waals surface area contributed by atoms with E-state index < -0.39 is 6.04 Å². The normalized spacial score (nSPS) is 27.1. The molecule has 1 aromatic carbocycles. The summed E-state index contributed by atoms with van der Waals surface area (Å²) in [6.07, 6.45) is 0. The van der Waals surface area contributed by atoms with E-state index in [1.54, 1.807) is 11.7 Å². The van der Waals surface area contributed by atoms with Gasteiger partial charge in [-0.25, -0.2) is 0 Å². The molecule has 31 heavy (non-hydrogen) atoms. The van der Waals surface area contributed by atoms with Crippen LogP contribution in [0.3, 0.4) is 0 Å². The molecule has 4 heterocycles. The molecule has 2 fully saturated rings. The third kappa shape index (κ3) is 3.35. The zero-order chi connectivity index (χ0) is 21.5. The smallest absolute Gasteiger partial charge is 0.258 e. The number of carbonyl (C=O) groups is 1. The SMILES string of the molecule is COc1cccc(-c2ccc3n(c2=O)C[C@H]2[C@H](CO)[C@@H](C(=O)N4CCOCC4)N[C@@H]32)c1. The van der Waals surface area contributed by atoms with E-state index in [0.29, 0.717) is 44.2 Å². The van der Waals surface area contributed by atoms with Crippen LogP contribution in [0.15, 0.2) is 41.2 Å². The fraction of sp³-hybridized carbons (Fsp3) is 0.478. The average molecular weight is 425 g/mol. The Kier molecular flexibility index (Phi) is 5.29. The standard InChI is InChI=1S/C23H27N3O5/c1-30-15-4-2-3-14(11-15)16-5-6-19-20-17(12-26(19)22(16)28)18(13-27)21(24-20)23(29)25-7-9-31-10-8-25/h2-6,11,17-18,20-21,24,27H,7-10,12-13H2,1H3/t17-,18-,20+,21-/m0/s1. The Hall–Kier alpha value is -2.68. The molecule has 3 aliphatic rings. The Bertz CT molecular complexity index is 1050. The molecule has 2 N–H and O–H groups in total. The van der Waals surface area contributed by atoms with Gasteiger partial charge in [0.1, 0.15) is 5.75 Å². The van der Waals surface area contributed by atoms with E-state index in [2.05, 4.69) is 5.32 Å². The van der Waals surface area contributed by atoms with Gasteiger partial charge >= 0.3 is 0 Å². The van der Waals surface area contributed by atoms with Crippen molar-refractivity contribution in [3.63, 3.8) is 0 Å². The second-order valence-electron chi connectivity index (χ2n) is 8.39. The molecule has 1 aromatic heterocycles. The predicted octanol–water partition coefficient (Wildman–Crippen LogP) is 0.634. The minimum Gasteiger partial charge on any atom is -0.497 e. The predicted molar refractivity (Wildman–Crippen MR) is 114 cm³/mol. The molecule has 0 saturated carbocycles. The van der Waals surface area contributed by atoms with Crippen LogP contribution in [-0.2, 0) is 16.1 Å². The summed E-state index contributed by atoms with van der Waals surface area (Å²) in [4.78, 5) is 28.2. The van der Waals surface area contributed by atoms with E-state index >= 15 is 0 Å². The first kappa shape index (κ1) is 20.2. The van der Waals surface area contributed by atoms with Crippen molar-refractivity contribution < 1.29 is 19.4 Å². The van der Waals surface area contributed by atoms with Crippen LogP contribution in [0.1, 0.15) is 11.7 Å². The highest BCUT2D eigenvalue weighted by Gasteiger charge is 2.51. The summed E-state index contributed by atoms with van der Waals surface area (Å²) >= 11 is 0. The number of aromatic nitrogens is 1. The molecule has 0 unspecified atom stereocenters. The second kappa shape index (κ2) is 8.11. The Labute approximate surface area is 180 Å². The Balaban J connectivity index is 1.44. The van der Waals surface area contributed by atoms with E-state index in [1.807, 2.05) is 41.3 Å². The van der Waals surface area contributed by atoms with Gasteiger partial charge in [0, 0.05) is 49.3 Å². The molecule has 0 spiro atoms. The molecular formula is C23H27N3O5. The monoisotopic (exact) mass is 425 g/mol. The van der Waals surface area contributed by atoms with Crippen molar-refractivity contribution in [2.24, 2.45) is 11.8 Å². The number of pyridine rings is 1. The summed E-state index contributed by atoms with van der Waals surface area (Å²) < 4.78 is 12.4. The summed E-state index contributed by atoms with van der Waals surface area (Å²) in [6.45, 7) is 2.62. The summed E-state index contributed by atoms with van der Waals surface area (Å²) in [6, 6.07) is 10.7. The molecule has 2 saturated heterocycles. The first-order chi connectivity index (χ1) is 15.1. The average Bonchev–Trinajstić information content (AvgIpc) is 3.36. The van der Waals surface area contributed by atoms with E-state index in [9.17, 15) is 14.7 Å². The fourth-order valence-corrected chi connectivity index (χ4v) is 5.23. The maximum absolute atomic E-state index is 13.3. The van der Waals surface area contributed by atoms with E-state index in [4.69, 9.17) is 9.47 Å². The number of benzene rings is 1. The second-order valence-corrected chi connectivity index (χ2v) is 8.39. The van der Waals surface area contributed by atoms with Gasteiger partial charge in [-0.3, -0.25) is 14.9 Å². The third-order valence-corrected chi connectivity index (χ3v) is 6.87. The molecule has 8 heteroatoms. The minimum atomic E-state index is -0.444. The molecule has 3 aliphatic heterocycles. The van der Waals surface area contributed by atoms with Crippen molar-refractivity contribution >= 4 is 5.91 Å². The molecule has 0 radical (unpaired) electrons. The molecule has 0 bridgehead atoms. The quantitative estimate of drug-likeness (QED) is 0.747. The molecule has 4 atom stereocenters. The lowest BCUT2D eigenvalue weighted by Crippen LogP contribution is -2.51. The number of rotatable bonds is 4. The highest BCUT2D eigenvalue weighted by molar-refractivity contribution is 5.83. The Morgan fingerprint density at radius 2 is 2.06 bits per heavy atom. The number of nitrogens with one attached hydrogen (secondary N) is 1. The van der Waals surface area contributed by atoms with Crippen molar-refractivity contribution in [3.05, 3.63) is 52.4 Å². The third-order valence-electron chi connectivity index (χ3n) is 6.87. The van der Waals surface area contributed by atoms with Crippen molar-refractivity contribution in [2.45, 2.75) is 18.6 Å².